The van der Waals surface area contributed by atoms with Crippen LogP contribution in [-0.4, -0.2) is 29.0 Å². The molecule has 4 rings (SSSR count). The normalized spacial score (nSPS) is 25.5. The summed E-state index contributed by atoms with van der Waals surface area (Å²) >= 11 is 7.11. The Kier molecular flexibility index (Phi) is 3.97. The monoisotopic (exact) mass is 349 g/mol. The van der Waals surface area contributed by atoms with Crippen LogP contribution in [0.1, 0.15) is 28.9 Å². The average Bonchev–Trinajstić information content (AvgIpc) is 3.26. The average molecular weight is 350 g/mol. The van der Waals surface area contributed by atoms with Crippen molar-refractivity contribution < 1.29 is 9.53 Å². The van der Waals surface area contributed by atoms with Gasteiger partial charge in [0.2, 0.25) is 5.88 Å². The molecule has 0 spiro atoms. The summed E-state index contributed by atoms with van der Waals surface area (Å²) in [5.74, 6) is 0.425. The quantitative estimate of drug-likeness (QED) is 0.889. The Morgan fingerprint density at radius 3 is 2.96 bits per heavy atom. The molecule has 7 heteroatoms. The molecule has 0 unspecified atom stereocenters. The van der Waals surface area contributed by atoms with Gasteiger partial charge in [-0.3, -0.25) is 4.79 Å². The number of amides is 1. The van der Waals surface area contributed by atoms with Gasteiger partial charge in [-0.15, -0.1) is 0 Å². The Bertz CT molecular complexity index is 718. The van der Waals surface area contributed by atoms with Crippen LogP contribution in [0.4, 0.5) is 0 Å². The van der Waals surface area contributed by atoms with Gasteiger partial charge in [0, 0.05) is 30.4 Å². The van der Waals surface area contributed by atoms with Crippen molar-refractivity contribution in [1.82, 2.24) is 15.6 Å². The van der Waals surface area contributed by atoms with Gasteiger partial charge in [0.25, 0.3) is 5.91 Å². The van der Waals surface area contributed by atoms with E-state index in [9.17, 15) is 4.79 Å². The molecule has 1 amide bonds. The molecule has 2 aliphatic rings. The minimum Gasteiger partial charge on any atom is -0.428 e. The van der Waals surface area contributed by atoms with E-state index in [1.165, 1.54) is 24.0 Å². The number of halogens is 1. The SMILES string of the molecule is O=C(N[C@@H]1C[C@H]2CC[C@@H]1N2)c1ccc(Oc2ccc(Cl)cn2)s1. The Balaban J connectivity index is 1.39. The second-order valence-corrected chi connectivity index (χ2v) is 7.38. The lowest BCUT2D eigenvalue weighted by Crippen LogP contribution is -2.42. The molecule has 0 aliphatic carbocycles. The van der Waals surface area contributed by atoms with E-state index in [-0.39, 0.29) is 11.9 Å². The lowest BCUT2D eigenvalue weighted by atomic mass is 9.95. The molecule has 0 saturated carbocycles. The number of nitrogens with zero attached hydrogens (tertiary/aromatic N) is 1. The molecule has 2 aromatic rings. The van der Waals surface area contributed by atoms with E-state index in [0.717, 1.165) is 12.8 Å². The van der Waals surface area contributed by atoms with Crippen LogP contribution in [0.25, 0.3) is 0 Å². The van der Waals surface area contributed by atoms with Crippen LogP contribution in [-0.2, 0) is 0 Å². The highest BCUT2D eigenvalue weighted by Gasteiger charge is 2.39. The highest BCUT2D eigenvalue weighted by Crippen LogP contribution is 2.31. The molecular weight excluding hydrogens is 334 g/mol. The number of ether oxygens (including phenoxy) is 1. The van der Waals surface area contributed by atoms with Crippen LogP contribution >= 0.6 is 22.9 Å². The number of pyridine rings is 1. The van der Waals surface area contributed by atoms with Crippen LogP contribution in [0.3, 0.4) is 0 Å². The molecule has 4 heterocycles. The molecule has 2 aromatic heterocycles. The summed E-state index contributed by atoms with van der Waals surface area (Å²) in [6, 6.07) is 8.23. The highest BCUT2D eigenvalue weighted by molar-refractivity contribution is 7.15. The van der Waals surface area contributed by atoms with Gasteiger partial charge in [-0.2, -0.15) is 0 Å². The predicted octanol–water partition coefficient (Wildman–Crippen LogP) is 3.21. The Hall–Kier alpha value is -1.63. The van der Waals surface area contributed by atoms with Crippen molar-refractivity contribution >= 4 is 28.8 Å². The van der Waals surface area contributed by atoms with Crippen molar-refractivity contribution in [1.29, 1.82) is 0 Å². The molecule has 5 nitrogen and oxygen atoms in total. The highest BCUT2D eigenvalue weighted by atomic mass is 35.5. The van der Waals surface area contributed by atoms with E-state index >= 15 is 0 Å². The summed E-state index contributed by atoms with van der Waals surface area (Å²) in [6.07, 6.45) is 4.93. The maximum absolute atomic E-state index is 12.4. The second-order valence-electron chi connectivity index (χ2n) is 5.90. The predicted molar refractivity (Wildman–Crippen MR) is 89.5 cm³/mol. The fourth-order valence-corrected chi connectivity index (χ4v) is 4.13. The topological polar surface area (TPSA) is 63.2 Å². The zero-order valence-electron chi connectivity index (χ0n) is 12.3. The molecule has 2 fully saturated rings. The summed E-state index contributed by atoms with van der Waals surface area (Å²) in [6.45, 7) is 0. The van der Waals surface area contributed by atoms with E-state index in [4.69, 9.17) is 16.3 Å². The molecule has 120 valence electrons. The van der Waals surface area contributed by atoms with Gasteiger partial charge in [-0.05, 0) is 37.5 Å². The van der Waals surface area contributed by atoms with Gasteiger partial charge in [-0.1, -0.05) is 22.9 Å². The van der Waals surface area contributed by atoms with E-state index in [1.807, 2.05) is 0 Å². The summed E-state index contributed by atoms with van der Waals surface area (Å²) in [4.78, 5) is 17.1. The third kappa shape index (κ3) is 3.20. The van der Waals surface area contributed by atoms with Crippen LogP contribution in [0.15, 0.2) is 30.5 Å². The minimum absolute atomic E-state index is 0.0340. The third-order valence-electron chi connectivity index (χ3n) is 4.33. The fourth-order valence-electron chi connectivity index (χ4n) is 3.25. The van der Waals surface area contributed by atoms with Crippen LogP contribution in [0.2, 0.25) is 5.02 Å². The number of aromatic nitrogens is 1. The van der Waals surface area contributed by atoms with Gasteiger partial charge >= 0.3 is 0 Å². The summed E-state index contributed by atoms with van der Waals surface area (Å²) in [7, 11) is 0. The third-order valence-corrected chi connectivity index (χ3v) is 5.51. The van der Waals surface area contributed by atoms with Crippen molar-refractivity contribution in [3.8, 4) is 10.9 Å². The summed E-state index contributed by atoms with van der Waals surface area (Å²) < 4.78 is 5.64. The fraction of sp³-hybridized carbons (Fsp3) is 0.375. The Morgan fingerprint density at radius 2 is 2.26 bits per heavy atom. The number of hydrogen-bond acceptors (Lipinski definition) is 5. The van der Waals surface area contributed by atoms with Crippen molar-refractivity contribution in [2.45, 2.75) is 37.4 Å². The van der Waals surface area contributed by atoms with Gasteiger partial charge < -0.3 is 15.4 Å². The van der Waals surface area contributed by atoms with Gasteiger partial charge in [0.1, 0.15) is 0 Å². The van der Waals surface area contributed by atoms with Crippen molar-refractivity contribution in [2.75, 3.05) is 0 Å². The van der Waals surface area contributed by atoms with Gasteiger partial charge in [-0.25, -0.2) is 4.98 Å². The van der Waals surface area contributed by atoms with Crippen LogP contribution < -0.4 is 15.4 Å². The first-order chi connectivity index (χ1) is 11.2. The molecule has 2 bridgehead atoms. The zero-order chi connectivity index (χ0) is 15.8. The largest absolute Gasteiger partial charge is 0.428 e. The lowest BCUT2D eigenvalue weighted by Gasteiger charge is -2.20. The maximum atomic E-state index is 12.4. The molecule has 2 N–H and O–H groups in total. The Morgan fingerprint density at radius 1 is 1.35 bits per heavy atom. The first kappa shape index (κ1) is 14.9. The van der Waals surface area contributed by atoms with E-state index in [0.29, 0.717) is 32.9 Å². The van der Waals surface area contributed by atoms with E-state index < -0.39 is 0 Å². The van der Waals surface area contributed by atoms with Gasteiger partial charge in [0.05, 0.1) is 9.90 Å². The molecule has 0 radical (unpaired) electrons. The second kappa shape index (κ2) is 6.11. The number of hydrogen-bond donors (Lipinski definition) is 2. The van der Waals surface area contributed by atoms with Crippen LogP contribution in [0.5, 0.6) is 10.9 Å². The van der Waals surface area contributed by atoms with Gasteiger partial charge in [0.15, 0.2) is 5.06 Å². The molecule has 2 saturated heterocycles. The number of fused-ring (bicyclic) bond motifs is 2. The molecular formula is C16H16ClN3O2S. The summed E-state index contributed by atoms with van der Waals surface area (Å²) in [5.41, 5.74) is 0. The number of carbonyl (C=O) groups excluding carboxylic acids is 1. The minimum atomic E-state index is -0.0340. The van der Waals surface area contributed by atoms with Crippen molar-refractivity contribution in [2.24, 2.45) is 0 Å². The van der Waals surface area contributed by atoms with Crippen LogP contribution in [0, 0.1) is 0 Å². The lowest BCUT2D eigenvalue weighted by molar-refractivity contribution is 0.0935. The molecule has 3 atom stereocenters. The smallest absolute Gasteiger partial charge is 0.261 e. The number of rotatable bonds is 4. The summed E-state index contributed by atoms with van der Waals surface area (Å²) in [5, 5.41) is 7.85. The molecule has 23 heavy (non-hydrogen) atoms. The van der Waals surface area contributed by atoms with E-state index in [1.54, 1.807) is 24.3 Å². The molecule has 2 aliphatic heterocycles. The number of carbonyl (C=O) groups is 1. The van der Waals surface area contributed by atoms with Crippen molar-refractivity contribution in [3.05, 3.63) is 40.4 Å². The van der Waals surface area contributed by atoms with Crippen molar-refractivity contribution in [3.63, 3.8) is 0 Å². The number of nitrogens with one attached hydrogen (secondary N) is 2. The molecule has 0 aromatic carbocycles. The maximum Gasteiger partial charge on any atom is 0.261 e. The Labute approximate surface area is 143 Å². The zero-order valence-corrected chi connectivity index (χ0v) is 13.9. The first-order valence-electron chi connectivity index (χ1n) is 7.63. The van der Waals surface area contributed by atoms with E-state index in [2.05, 4.69) is 15.6 Å². The number of thiophene rings is 1. The first-order valence-corrected chi connectivity index (χ1v) is 8.83. The standard InChI is InChI=1S/C16H16ClN3O2S/c17-9-1-5-14(18-8-9)22-15-6-4-13(23-15)16(21)20-12-7-10-2-3-11(12)19-10/h1,4-6,8,10-12,19H,2-3,7H2,(H,20,21)/t10-,11+,12-/m1/s1.